The lowest BCUT2D eigenvalue weighted by Crippen LogP contribution is -2.52. The first-order valence-electron chi connectivity index (χ1n) is 5.34. The summed E-state index contributed by atoms with van der Waals surface area (Å²) in [5.74, 6) is -0.0993. The second-order valence-corrected chi connectivity index (χ2v) is 3.88. The van der Waals surface area contributed by atoms with Crippen LogP contribution in [0.4, 0.5) is 4.79 Å². The molecule has 2 rings (SSSR count). The third-order valence-electron chi connectivity index (χ3n) is 2.74. The molecule has 84 valence electrons. The highest BCUT2D eigenvalue weighted by molar-refractivity contribution is 5.98. The number of rotatable bonds is 2. The van der Waals surface area contributed by atoms with E-state index >= 15 is 0 Å². The number of β-lactam (4-membered cyclic amide) rings is 1. The molecule has 1 N–H and O–H groups in total. The van der Waals surface area contributed by atoms with E-state index in [0.717, 1.165) is 5.56 Å². The van der Waals surface area contributed by atoms with Crippen LogP contribution < -0.4 is 5.32 Å². The first kappa shape index (κ1) is 10.7. The van der Waals surface area contributed by atoms with E-state index in [9.17, 15) is 9.59 Å². The van der Waals surface area contributed by atoms with Crippen LogP contribution in [0, 0.1) is 0 Å². The van der Waals surface area contributed by atoms with Crippen molar-refractivity contribution in [3.05, 3.63) is 35.9 Å². The zero-order valence-corrected chi connectivity index (χ0v) is 9.14. The van der Waals surface area contributed by atoms with Gasteiger partial charge in [0.15, 0.2) is 0 Å². The summed E-state index contributed by atoms with van der Waals surface area (Å²) in [6.45, 7) is 2.43. The van der Waals surface area contributed by atoms with Crippen molar-refractivity contribution in [2.24, 2.45) is 0 Å². The molecule has 0 saturated carbocycles. The van der Waals surface area contributed by atoms with E-state index in [4.69, 9.17) is 0 Å². The van der Waals surface area contributed by atoms with E-state index in [1.54, 1.807) is 0 Å². The van der Waals surface area contributed by atoms with E-state index in [1.807, 2.05) is 37.3 Å². The van der Waals surface area contributed by atoms with E-state index < -0.39 is 0 Å². The fourth-order valence-electron chi connectivity index (χ4n) is 1.62. The molecule has 4 heteroatoms. The normalized spacial score (nSPS) is 16.6. The molecule has 3 amide bonds. The molecule has 1 aliphatic heterocycles. The van der Waals surface area contributed by atoms with Gasteiger partial charge in [0, 0.05) is 13.0 Å². The number of imide groups is 1. The molecule has 1 aromatic rings. The van der Waals surface area contributed by atoms with E-state index in [-0.39, 0.29) is 18.0 Å². The fraction of sp³-hybridized carbons (Fsp3) is 0.333. The molecule has 0 radical (unpaired) electrons. The second kappa shape index (κ2) is 4.35. The number of carbonyl (C=O) groups excluding carboxylic acids is 2. The van der Waals surface area contributed by atoms with Crippen molar-refractivity contribution in [1.82, 2.24) is 10.2 Å². The first-order chi connectivity index (χ1) is 7.68. The van der Waals surface area contributed by atoms with Gasteiger partial charge in [0.2, 0.25) is 5.91 Å². The van der Waals surface area contributed by atoms with Crippen molar-refractivity contribution in [2.75, 3.05) is 6.54 Å². The number of hydrogen-bond acceptors (Lipinski definition) is 2. The zero-order chi connectivity index (χ0) is 11.5. The molecule has 1 atom stereocenters. The van der Waals surface area contributed by atoms with Crippen LogP contribution >= 0.6 is 0 Å². The Labute approximate surface area is 94.2 Å². The average Bonchev–Trinajstić information content (AvgIpc) is 2.28. The minimum atomic E-state index is -0.299. The molecule has 0 aromatic heterocycles. The van der Waals surface area contributed by atoms with Gasteiger partial charge in [-0.1, -0.05) is 30.3 Å². The number of benzene rings is 1. The molecule has 0 aliphatic carbocycles. The number of hydrogen-bond donors (Lipinski definition) is 1. The van der Waals surface area contributed by atoms with E-state index in [0.29, 0.717) is 13.0 Å². The maximum absolute atomic E-state index is 11.6. The smallest absolute Gasteiger partial charge is 0.324 e. The van der Waals surface area contributed by atoms with Gasteiger partial charge in [-0.2, -0.15) is 0 Å². The Kier molecular flexibility index (Phi) is 2.90. The zero-order valence-electron chi connectivity index (χ0n) is 9.14. The van der Waals surface area contributed by atoms with Crippen LogP contribution in [0.15, 0.2) is 30.3 Å². The molecule has 4 nitrogen and oxygen atoms in total. The van der Waals surface area contributed by atoms with Crippen LogP contribution in [0.3, 0.4) is 0 Å². The Morgan fingerprint density at radius 3 is 2.56 bits per heavy atom. The Hall–Kier alpha value is -1.84. The third kappa shape index (κ3) is 2.05. The lowest BCUT2D eigenvalue weighted by atomic mass is 10.1. The second-order valence-electron chi connectivity index (χ2n) is 3.88. The van der Waals surface area contributed by atoms with Crippen LogP contribution in [0.1, 0.15) is 24.9 Å². The highest BCUT2D eigenvalue weighted by Gasteiger charge is 2.30. The van der Waals surface area contributed by atoms with Crippen molar-refractivity contribution >= 4 is 11.9 Å². The predicted molar refractivity (Wildman–Crippen MR) is 59.7 cm³/mol. The summed E-state index contributed by atoms with van der Waals surface area (Å²) in [6.07, 6.45) is 0.479. The molecule has 0 unspecified atom stereocenters. The monoisotopic (exact) mass is 218 g/mol. The van der Waals surface area contributed by atoms with Crippen molar-refractivity contribution in [2.45, 2.75) is 19.4 Å². The van der Waals surface area contributed by atoms with Gasteiger partial charge in [0.25, 0.3) is 0 Å². The Morgan fingerprint density at radius 2 is 2.06 bits per heavy atom. The SMILES string of the molecule is C[C@@H](NC(=O)N1CCC1=O)c1ccccc1. The van der Waals surface area contributed by atoms with Gasteiger partial charge in [0.1, 0.15) is 0 Å². The van der Waals surface area contributed by atoms with Gasteiger partial charge in [-0.15, -0.1) is 0 Å². The molecule has 1 fully saturated rings. The van der Waals surface area contributed by atoms with Crippen molar-refractivity contribution < 1.29 is 9.59 Å². The fourth-order valence-corrected chi connectivity index (χ4v) is 1.62. The minimum Gasteiger partial charge on any atom is -0.331 e. The first-order valence-corrected chi connectivity index (χ1v) is 5.34. The van der Waals surface area contributed by atoms with Gasteiger partial charge in [-0.05, 0) is 12.5 Å². The van der Waals surface area contributed by atoms with E-state index in [1.165, 1.54) is 4.90 Å². The summed E-state index contributed by atoms with van der Waals surface area (Å²) in [5, 5.41) is 2.79. The van der Waals surface area contributed by atoms with Gasteiger partial charge < -0.3 is 5.32 Å². The molecular weight excluding hydrogens is 204 g/mol. The van der Waals surface area contributed by atoms with Gasteiger partial charge >= 0.3 is 6.03 Å². The molecule has 1 heterocycles. The van der Waals surface area contributed by atoms with Crippen LogP contribution in [-0.4, -0.2) is 23.4 Å². The minimum absolute atomic E-state index is 0.0814. The molecule has 1 aliphatic rings. The number of nitrogens with one attached hydrogen (secondary N) is 1. The summed E-state index contributed by atoms with van der Waals surface area (Å²) in [5.41, 5.74) is 1.03. The Morgan fingerprint density at radius 1 is 1.38 bits per heavy atom. The van der Waals surface area contributed by atoms with Gasteiger partial charge in [0.05, 0.1) is 6.04 Å². The standard InChI is InChI=1S/C12H14N2O2/c1-9(10-5-3-2-4-6-10)13-12(16)14-8-7-11(14)15/h2-6,9H,7-8H2,1H3,(H,13,16)/t9-/m1/s1. The van der Waals surface area contributed by atoms with Gasteiger partial charge in [-0.25, -0.2) is 4.79 Å². The lowest BCUT2D eigenvalue weighted by molar-refractivity contribution is -0.135. The Balaban J connectivity index is 1.95. The molecular formula is C12H14N2O2. The largest absolute Gasteiger partial charge is 0.331 e. The van der Waals surface area contributed by atoms with Crippen molar-refractivity contribution in [3.8, 4) is 0 Å². The predicted octanol–water partition coefficient (Wildman–Crippen LogP) is 1.69. The Bertz CT molecular complexity index is 403. The topological polar surface area (TPSA) is 49.4 Å². The summed E-state index contributed by atoms with van der Waals surface area (Å²) in [6, 6.07) is 9.29. The molecule has 0 bridgehead atoms. The average molecular weight is 218 g/mol. The molecule has 16 heavy (non-hydrogen) atoms. The number of urea groups is 1. The highest BCUT2D eigenvalue weighted by Crippen LogP contribution is 2.14. The number of likely N-dealkylation sites (tertiary alicyclic amines) is 1. The number of amides is 3. The van der Waals surface area contributed by atoms with Crippen LogP contribution in [0.5, 0.6) is 0 Å². The number of carbonyl (C=O) groups is 2. The maximum Gasteiger partial charge on any atom is 0.324 e. The molecule has 1 aromatic carbocycles. The van der Waals surface area contributed by atoms with E-state index in [2.05, 4.69) is 5.32 Å². The van der Waals surface area contributed by atoms with Crippen LogP contribution in [0.25, 0.3) is 0 Å². The molecule has 1 saturated heterocycles. The highest BCUT2D eigenvalue weighted by atomic mass is 16.2. The number of nitrogens with zero attached hydrogens (tertiary/aromatic N) is 1. The van der Waals surface area contributed by atoms with Crippen LogP contribution in [0.2, 0.25) is 0 Å². The van der Waals surface area contributed by atoms with Crippen molar-refractivity contribution in [1.29, 1.82) is 0 Å². The lowest BCUT2D eigenvalue weighted by Gasteiger charge is -2.30. The quantitative estimate of drug-likeness (QED) is 0.768. The van der Waals surface area contributed by atoms with Crippen LogP contribution in [-0.2, 0) is 4.79 Å². The summed E-state index contributed by atoms with van der Waals surface area (Å²) < 4.78 is 0. The third-order valence-corrected chi connectivity index (χ3v) is 2.74. The summed E-state index contributed by atoms with van der Waals surface area (Å²) in [7, 11) is 0. The van der Waals surface area contributed by atoms with Gasteiger partial charge in [-0.3, -0.25) is 9.69 Å². The molecule has 0 spiro atoms. The summed E-state index contributed by atoms with van der Waals surface area (Å²) >= 11 is 0. The maximum atomic E-state index is 11.6. The van der Waals surface area contributed by atoms with Crippen molar-refractivity contribution in [3.63, 3.8) is 0 Å². The summed E-state index contributed by atoms with van der Waals surface area (Å²) in [4.78, 5) is 23.9.